The van der Waals surface area contributed by atoms with Crippen LogP contribution in [-0.4, -0.2) is 21.9 Å². The number of nitrogens with zero attached hydrogens (tertiary/aromatic N) is 2. The molecule has 0 aliphatic carbocycles. The lowest BCUT2D eigenvalue weighted by atomic mass is 9.84. The van der Waals surface area contributed by atoms with Crippen LogP contribution in [0.2, 0.25) is 0 Å². The molecule has 0 fully saturated rings. The van der Waals surface area contributed by atoms with Crippen molar-refractivity contribution in [2.75, 3.05) is 6.54 Å². The van der Waals surface area contributed by atoms with Gasteiger partial charge in [-0.2, -0.15) is 5.10 Å². The summed E-state index contributed by atoms with van der Waals surface area (Å²) in [5, 5.41) is 7.88. The van der Waals surface area contributed by atoms with Crippen molar-refractivity contribution in [3.05, 3.63) is 30.6 Å². The summed E-state index contributed by atoms with van der Waals surface area (Å²) >= 11 is 0. The van der Waals surface area contributed by atoms with E-state index in [-0.39, 0.29) is 11.0 Å². The van der Waals surface area contributed by atoms with Crippen LogP contribution in [0.5, 0.6) is 0 Å². The van der Waals surface area contributed by atoms with Crippen LogP contribution in [0.1, 0.15) is 40.2 Å². The van der Waals surface area contributed by atoms with Gasteiger partial charge in [0.05, 0.1) is 6.20 Å². The molecule has 0 aromatic carbocycles. The third-order valence-corrected chi connectivity index (χ3v) is 3.13. The highest BCUT2D eigenvalue weighted by Gasteiger charge is 2.23. The highest BCUT2D eigenvalue weighted by Crippen LogP contribution is 2.23. The molecule has 3 nitrogen and oxygen atoms in total. The van der Waals surface area contributed by atoms with E-state index in [0.29, 0.717) is 0 Å². The van der Waals surface area contributed by atoms with Crippen molar-refractivity contribution in [3.8, 4) is 0 Å². The maximum atomic E-state index is 4.32. The number of nitrogens with one attached hydrogen (secondary N) is 1. The maximum absolute atomic E-state index is 4.32. The third-order valence-electron chi connectivity index (χ3n) is 3.13. The molecule has 3 heteroatoms. The second-order valence-electron chi connectivity index (χ2n) is 6.34. The van der Waals surface area contributed by atoms with Gasteiger partial charge < -0.3 is 5.32 Å². The Morgan fingerprint density at radius 2 is 2.06 bits per heavy atom. The van der Waals surface area contributed by atoms with Crippen molar-refractivity contribution in [2.45, 2.75) is 53.1 Å². The second-order valence-corrected chi connectivity index (χ2v) is 6.34. The molecule has 0 bridgehead atoms. The van der Waals surface area contributed by atoms with Crippen LogP contribution in [-0.2, 0) is 13.0 Å². The van der Waals surface area contributed by atoms with E-state index >= 15 is 0 Å². The van der Waals surface area contributed by atoms with Gasteiger partial charge in [-0.05, 0) is 39.7 Å². The Morgan fingerprint density at radius 1 is 1.39 bits per heavy atom. The molecular weight excluding hydrogens is 222 g/mol. The van der Waals surface area contributed by atoms with Gasteiger partial charge in [-0.3, -0.25) is 4.68 Å². The molecule has 1 rings (SSSR count). The summed E-state index contributed by atoms with van der Waals surface area (Å²) in [7, 11) is 0. The molecular formula is C15H27N3. The monoisotopic (exact) mass is 249 g/mol. The molecule has 1 N–H and O–H groups in total. The van der Waals surface area contributed by atoms with Crippen LogP contribution in [0.15, 0.2) is 25.0 Å². The van der Waals surface area contributed by atoms with E-state index in [1.807, 2.05) is 10.9 Å². The summed E-state index contributed by atoms with van der Waals surface area (Å²) < 4.78 is 1.97. The van der Waals surface area contributed by atoms with Gasteiger partial charge in [0.1, 0.15) is 0 Å². The van der Waals surface area contributed by atoms with Gasteiger partial charge in [-0.15, -0.1) is 6.58 Å². The van der Waals surface area contributed by atoms with Gasteiger partial charge in [0.15, 0.2) is 0 Å². The van der Waals surface area contributed by atoms with Gasteiger partial charge in [0.2, 0.25) is 0 Å². The molecule has 0 radical (unpaired) electrons. The molecule has 0 aliphatic rings. The maximum Gasteiger partial charge on any atom is 0.0522 e. The quantitative estimate of drug-likeness (QED) is 0.785. The average molecular weight is 249 g/mol. The lowest BCUT2D eigenvalue weighted by molar-refractivity contribution is 0.322. The summed E-state index contributed by atoms with van der Waals surface area (Å²) in [6.07, 6.45) is 7.11. The molecule has 0 saturated heterocycles. The Morgan fingerprint density at radius 3 is 2.50 bits per heavy atom. The Balaban J connectivity index is 2.67. The first-order valence-corrected chi connectivity index (χ1v) is 6.68. The Hall–Kier alpha value is -1.09. The molecule has 1 aromatic rings. The van der Waals surface area contributed by atoms with Crippen LogP contribution >= 0.6 is 0 Å². The standard InChI is InChI=1S/C15H27N3/c1-7-15(6,12-16-14(3,4)5)9-13-10-17-18(8-2)11-13/h7,10-11,16H,1,8-9,12H2,2-6H3. The summed E-state index contributed by atoms with van der Waals surface area (Å²) in [5.41, 5.74) is 1.47. The zero-order chi connectivity index (χ0) is 13.8. The van der Waals surface area contributed by atoms with E-state index in [9.17, 15) is 0 Å². The Labute approximate surface area is 111 Å². The fraction of sp³-hybridized carbons (Fsp3) is 0.667. The van der Waals surface area contributed by atoms with Crippen LogP contribution in [0, 0.1) is 5.41 Å². The summed E-state index contributed by atoms with van der Waals surface area (Å²) in [6, 6.07) is 0. The third kappa shape index (κ3) is 4.65. The SMILES string of the molecule is C=CC(C)(CNC(C)(C)C)Cc1cnn(CC)c1. The number of hydrogen-bond donors (Lipinski definition) is 1. The molecule has 1 atom stereocenters. The Bertz CT molecular complexity index is 387. The summed E-state index contributed by atoms with van der Waals surface area (Å²) in [5.74, 6) is 0. The topological polar surface area (TPSA) is 29.9 Å². The van der Waals surface area contributed by atoms with Crippen molar-refractivity contribution in [2.24, 2.45) is 5.41 Å². The summed E-state index contributed by atoms with van der Waals surface area (Å²) in [4.78, 5) is 0. The largest absolute Gasteiger partial charge is 0.311 e. The highest BCUT2D eigenvalue weighted by molar-refractivity contribution is 5.11. The zero-order valence-corrected chi connectivity index (χ0v) is 12.5. The van der Waals surface area contributed by atoms with Crippen LogP contribution in [0.3, 0.4) is 0 Å². The van der Waals surface area contributed by atoms with Gasteiger partial charge in [0, 0.05) is 30.2 Å². The number of hydrogen-bond acceptors (Lipinski definition) is 2. The minimum atomic E-state index is 0.0644. The first kappa shape index (κ1) is 15.0. The van der Waals surface area contributed by atoms with E-state index in [2.05, 4.69) is 63.9 Å². The molecule has 1 heterocycles. The fourth-order valence-electron chi connectivity index (χ4n) is 1.81. The van der Waals surface area contributed by atoms with E-state index in [1.54, 1.807) is 0 Å². The Kier molecular flexibility index (Phi) is 4.74. The van der Waals surface area contributed by atoms with Crippen molar-refractivity contribution in [1.29, 1.82) is 0 Å². The lowest BCUT2D eigenvalue weighted by Crippen LogP contribution is -2.43. The molecule has 0 amide bonds. The molecule has 1 unspecified atom stereocenters. The van der Waals surface area contributed by atoms with E-state index in [4.69, 9.17) is 0 Å². The molecule has 1 aromatic heterocycles. The normalized spacial score (nSPS) is 15.4. The fourth-order valence-corrected chi connectivity index (χ4v) is 1.81. The van der Waals surface area contributed by atoms with Gasteiger partial charge in [-0.1, -0.05) is 13.0 Å². The van der Waals surface area contributed by atoms with Crippen molar-refractivity contribution >= 4 is 0 Å². The first-order valence-electron chi connectivity index (χ1n) is 6.68. The number of rotatable bonds is 6. The molecule has 0 spiro atoms. The van der Waals surface area contributed by atoms with Crippen LogP contribution < -0.4 is 5.32 Å². The average Bonchev–Trinajstić information content (AvgIpc) is 2.73. The highest BCUT2D eigenvalue weighted by atomic mass is 15.3. The van der Waals surface area contributed by atoms with Crippen molar-refractivity contribution < 1.29 is 0 Å². The van der Waals surface area contributed by atoms with E-state index in [1.165, 1.54) is 5.56 Å². The smallest absolute Gasteiger partial charge is 0.0522 e. The lowest BCUT2D eigenvalue weighted by Gasteiger charge is -2.31. The van der Waals surface area contributed by atoms with Crippen LogP contribution in [0.25, 0.3) is 0 Å². The number of aromatic nitrogens is 2. The predicted octanol–water partition coefficient (Wildman–Crippen LogP) is 3.03. The second kappa shape index (κ2) is 5.70. The van der Waals surface area contributed by atoms with Crippen LogP contribution in [0.4, 0.5) is 0 Å². The van der Waals surface area contributed by atoms with Crippen molar-refractivity contribution in [1.82, 2.24) is 15.1 Å². The summed E-state index contributed by atoms with van der Waals surface area (Å²) in [6.45, 7) is 16.7. The van der Waals surface area contributed by atoms with E-state index < -0.39 is 0 Å². The van der Waals surface area contributed by atoms with Gasteiger partial charge >= 0.3 is 0 Å². The zero-order valence-electron chi connectivity index (χ0n) is 12.5. The first-order chi connectivity index (χ1) is 8.28. The molecule has 0 saturated carbocycles. The predicted molar refractivity (Wildman–Crippen MR) is 77.7 cm³/mol. The molecule has 18 heavy (non-hydrogen) atoms. The van der Waals surface area contributed by atoms with Gasteiger partial charge in [-0.25, -0.2) is 0 Å². The minimum absolute atomic E-state index is 0.0644. The van der Waals surface area contributed by atoms with E-state index in [0.717, 1.165) is 19.5 Å². The van der Waals surface area contributed by atoms with Gasteiger partial charge in [0.25, 0.3) is 0 Å². The number of aryl methyl sites for hydroxylation is 1. The molecule has 102 valence electrons. The minimum Gasteiger partial charge on any atom is -0.311 e. The van der Waals surface area contributed by atoms with Crippen molar-refractivity contribution in [3.63, 3.8) is 0 Å². The molecule has 0 aliphatic heterocycles.